The number of guanidine groups is 1. The van der Waals surface area contributed by atoms with Crippen LogP contribution in [0.5, 0.6) is 5.75 Å². The number of para-hydroxylation sites is 1. The van der Waals surface area contributed by atoms with E-state index in [9.17, 15) is 0 Å². The summed E-state index contributed by atoms with van der Waals surface area (Å²) in [6, 6.07) is 10.7. The Morgan fingerprint density at radius 2 is 1.89 bits per heavy atom. The van der Waals surface area contributed by atoms with Crippen LogP contribution in [-0.2, 0) is 13.6 Å². The molecule has 144 valence electrons. The van der Waals surface area contributed by atoms with E-state index in [1.54, 1.807) is 0 Å². The van der Waals surface area contributed by atoms with E-state index in [-0.39, 0.29) is 6.10 Å². The molecule has 1 N–H and O–H groups in total. The third-order valence-corrected chi connectivity index (χ3v) is 5.25. The first-order chi connectivity index (χ1) is 13.2. The molecule has 1 saturated carbocycles. The third-order valence-electron chi connectivity index (χ3n) is 5.25. The third kappa shape index (κ3) is 4.59. The molecule has 0 atom stereocenters. The van der Waals surface area contributed by atoms with Crippen molar-refractivity contribution in [3.8, 4) is 5.75 Å². The van der Waals surface area contributed by atoms with Gasteiger partial charge in [-0.3, -0.25) is 0 Å². The minimum Gasteiger partial charge on any atom is -0.490 e. The van der Waals surface area contributed by atoms with Crippen LogP contribution in [0.4, 0.5) is 0 Å². The van der Waals surface area contributed by atoms with Gasteiger partial charge in [-0.25, -0.2) is 4.99 Å². The highest BCUT2D eigenvalue weighted by Crippen LogP contribution is 2.22. The van der Waals surface area contributed by atoms with Gasteiger partial charge in [-0.2, -0.15) is 0 Å². The second-order valence-corrected chi connectivity index (χ2v) is 7.40. The predicted molar refractivity (Wildman–Crippen MR) is 105 cm³/mol. The van der Waals surface area contributed by atoms with Gasteiger partial charge in [-0.15, -0.1) is 10.2 Å². The van der Waals surface area contributed by atoms with Crippen LogP contribution in [0, 0.1) is 6.92 Å². The maximum absolute atomic E-state index is 6.12. The second-order valence-electron chi connectivity index (χ2n) is 7.40. The SMILES string of the molecule is Cc1nnc(CN=C(NC2CC2)N2CCC(Oc3ccccc3)CC2)n1C. The van der Waals surface area contributed by atoms with E-state index in [1.165, 1.54) is 12.8 Å². The molecule has 2 fully saturated rings. The molecule has 27 heavy (non-hydrogen) atoms. The number of aromatic nitrogens is 3. The lowest BCUT2D eigenvalue weighted by Gasteiger charge is -2.34. The Morgan fingerprint density at radius 1 is 1.15 bits per heavy atom. The van der Waals surface area contributed by atoms with Crippen molar-refractivity contribution in [2.75, 3.05) is 13.1 Å². The van der Waals surface area contributed by atoms with Gasteiger partial charge in [0.05, 0.1) is 0 Å². The molecule has 1 aromatic heterocycles. The Labute approximate surface area is 160 Å². The van der Waals surface area contributed by atoms with E-state index in [0.717, 1.165) is 49.3 Å². The molecular weight excluding hydrogens is 340 g/mol. The van der Waals surface area contributed by atoms with Crippen LogP contribution in [0.15, 0.2) is 35.3 Å². The summed E-state index contributed by atoms with van der Waals surface area (Å²) in [4.78, 5) is 7.20. The molecule has 0 amide bonds. The number of rotatable bonds is 5. The molecule has 7 nitrogen and oxygen atoms in total. The number of benzene rings is 1. The first-order valence-corrected chi connectivity index (χ1v) is 9.81. The fourth-order valence-electron chi connectivity index (χ4n) is 3.26. The number of hydrogen-bond acceptors (Lipinski definition) is 4. The van der Waals surface area contributed by atoms with Crippen molar-refractivity contribution < 1.29 is 4.74 Å². The van der Waals surface area contributed by atoms with Gasteiger partial charge in [0.1, 0.15) is 24.2 Å². The molecule has 2 aromatic rings. The van der Waals surface area contributed by atoms with Crippen LogP contribution in [0.1, 0.15) is 37.3 Å². The van der Waals surface area contributed by atoms with Gasteiger partial charge < -0.3 is 19.5 Å². The van der Waals surface area contributed by atoms with E-state index in [4.69, 9.17) is 9.73 Å². The van der Waals surface area contributed by atoms with E-state index < -0.39 is 0 Å². The van der Waals surface area contributed by atoms with Crippen LogP contribution < -0.4 is 10.1 Å². The molecule has 1 aromatic carbocycles. The number of piperidine rings is 1. The van der Waals surface area contributed by atoms with Crippen molar-refractivity contribution in [3.63, 3.8) is 0 Å². The summed E-state index contributed by atoms with van der Waals surface area (Å²) in [6.07, 6.45) is 4.74. The van der Waals surface area contributed by atoms with Crippen LogP contribution in [0.2, 0.25) is 0 Å². The second kappa shape index (κ2) is 7.98. The Morgan fingerprint density at radius 3 is 2.52 bits per heavy atom. The molecule has 1 aliphatic heterocycles. The van der Waals surface area contributed by atoms with Gasteiger partial charge in [-0.1, -0.05) is 18.2 Å². The molecule has 1 aliphatic carbocycles. The summed E-state index contributed by atoms with van der Waals surface area (Å²) >= 11 is 0. The number of aliphatic imine (C=N–C) groups is 1. The van der Waals surface area contributed by atoms with Gasteiger partial charge in [0, 0.05) is 39.0 Å². The topological polar surface area (TPSA) is 67.6 Å². The zero-order valence-corrected chi connectivity index (χ0v) is 16.1. The quantitative estimate of drug-likeness (QED) is 0.648. The minimum absolute atomic E-state index is 0.271. The maximum atomic E-state index is 6.12. The average Bonchev–Trinajstić information content (AvgIpc) is 3.46. The van der Waals surface area contributed by atoms with Crippen LogP contribution in [-0.4, -0.2) is 50.9 Å². The van der Waals surface area contributed by atoms with Gasteiger partial charge in [0.25, 0.3) is 0 Å². The van der Waals surface area contributed by atoms with E-state index in [1.807, 2.05) is 48.9 Å². The standard InChI is InChI=1S/C20H28N6O/c1-15-23-24-19(25(15)2)14-21-20(22-16-8-9-16)26-12-10-18(11-13-26)27-17-6-4-3-5-7-17/h3-7,16,18H,8-14H2,1-2H3,(H,21,22). The average molecular weight is 368 g/mol. The molecule has 2 heterocycles. The lowest BCUT2D eigenvalue weighted by Crippen LogP contribution is -2.48. The van der Waals surface area contributed by atoms with Crippen molar-refractivity contribution >= 4 is 5.96 Å². The predicted octanol–water partition coefficient (Wildman–Crippen LogP) is 2.27. The Kier molecular flexibility index (Phi) is 5.27. The Hall–Kier alpha value is -2.57. The monoisotopic (exact) mass is 368 g/mol. The fourth-order valence-corrected chi connectivity index (χ4v) is 3.26. The van der Waals surface area contributed by atoms with Crippen LogP contribution in [0.25, 0.3) is 0 Å². The number of ether oxygens (including phenoxy) is 1. The van der Waals surface area contributed by atoms with Crippen LogP contribution >= 0.6 is 0 Å². The van der Waals surface area contributed by atoms with Crippen molar-refractivity contribution in [2.45, 2.75) is 51.3 Å². The minimum atomic E-state index is 0.271. The highest BCUT2D eigenvalue weighted by atomic mass is 16.5. The number of hydrogen-bond donors (Lipinski definition) is 1. The van der Waals surface area contributed by atoms with E-state index >= 15 is 0 Å². The highest BCUT2D eigenvalue weighted by Gasteiger charge is 2.28. The molecule has 7 heteroatoms. The van der Waals surface area contributed by atoms with Crippen molar-refractivity contribution in [1.29, 1.82) is 0 Å². The first-order valence-electron chi connectivity index (χ1n) is 9.81. The van der Waals surface area contributed by atoms with Crippen LogP contribution in [0.3, 0.4) is 0 Å². The first kappa shape index (κ1) is 17.8. The molecular formula is C20H28N6O. The number of nitrogens with zero attached hydrogens (tertiary/aromatic N) is 5. The fraction of sp³-hybridized carbons (Fsp3) is 0.550. The zero-order valence-electron chi connectivity index (χ0n) is 16.1. The van der Waals surface area contributed by atoms with Gasteiger partial charge in [-0.05, 0) is 31.9 Å². The summed E-state index contributed by atoms with van der Waals surface area (Å²) in [5, 5.41) is 11.9. The Balaban J connectivity index is 1.36. The molecule has 1 saturated heterocycles. The molecule has 2 aliphatic rings. The summed E-state index contributed by atoms with van der Waals surface area (Å²) in [7, 11) is 1.99. The van der Waals surface area contributed by atoms with Gasteiger partial charge in [0.2, 0.25) is 0 Å². The molecule has 0 spiro atoms. The summed E-state index contributed by atoms with van der Waals surface area (Å²) in [5.41, 5.74) is 0. The lowest BCUT2D eigenvalue weighted by molar-refractivity contribution is 0.129. The van der Waals surface area contributed by atoms with E-state index in [2.05, 4.69) is 20.4 Å². The summed E-state index contributed by atoms with van der Waals surface area (Å²) in [5.74, 6) is 3.76. The highest BCUT2D eigenvalue weighted by molar-refractivity contribution is 5.80. The lowest BCUT2D eigenvalue weighted by atomic mass is 10.1. The summed E-state index contributed by atoms with van der Waals surface area (Å²) < 4.78 is 8.11. The maximum Gasteiger partial charge on any atom is 0.194 e. The normalized spacial score (nSPS) is 18.6. The molecule has 0 bridgehead atoms. The number of nitrogens with one attached hydrogen (secondary N) is 1. The Bertz CT molecular complexity index is 775. The van der Waals surface area contributed by atoms with Gasteiger partial charge >= 0.3 is 0 Å². The molecule has 0 unspecified atom stereocenters. The molecule has 0 radical (unpaired) electrons. The van der Waals surface area contributed by atoms with E-state index in [0.29, 0.717) is 12.6 Å². The van der Waals surface area contributed by atoms with Crippen molar-refractivity contribution in [2.24, 2.45) is 12.0 Å². The van der Waals surface area contributed by atoms with Crippen molar-refractivity contribution in [1.82, 2.24) is 25.0 Å². The van der Waals surface area contributed by atoms with Crippen molar-refractivity contribution in [3.05, 3.63) is 42.0 Å². The number of likely N-dealkylation sites (tertiary alicyclic amines) is 1. The largest absolute Gasteiger partial charge is 0.490 e. The zero-order chi connectivity index (χ0) is 18.6. The number of aryl methyl sites for hydroxylation is 1. The van der Waals surface area contributed by atoms with Gasteiger partial charge in [0.15, 0.2) is 11.8 Å². The summed E-state index contributed by atoms with van der Waals surface area (Å²) in [6.45, 7) is 4.41. The smallest absolute Gasteiger partial charge is 0.194 e. The molecule has 4 rings (SSSR count).